The zero-order valence-electron chi connectivity index (χ0n) is 7.59. The highest BCUT2D eigenvalue weighted by molar-refractivity contribution is 7.80. The minimum atomic E-state index is -4.44. The topological polar surface area (TPSA) is 114 Å². The molecule has 0 fully saturated rings. The largest absolute Gasteiger partial charge is 0.397 e. The van der Waals surface area contributed by atoms with Crippen LogP contribution in [0.15, 0.2) is 0 Å². The second-order valence-electron chi connectivity index (χ2n) is 2.37. The Morgan fingerprint density at radius 3 is 2.31 bits per heavy atom. The lowest BCUT2D eigenvalue weighted by atomic mass is 10.7. The molecule has 0 aliphatic heterocycles. The maximum atomic E-state index is 10.2. The van der Waals surface area contributed by atoms with Crippen LogP contribution < -0.4 is 5.32 Å². The zero-order chi connectivity index (χ0) is 12.2. The van der Waals surface area contributed by atoms with E-state index in [0.717, 1.165) is 0 Å². The molecule has 1 aromatic rings. The Morgan fingerprint density at radius 2 is 1.81 bits per heavy atom. The maximum Gasteiger partial charge on any atom is 0.397 e. The molecule has 2 N–H and O–H groups in total. The molecule has 8 nitrogen and oxygen atoms in total. The van der Waals surface area contributed by atoms with Gasteiger partial charge in [0.2, 0.25) is 16.5 Å². The summed E-state index contributed by atoms with van der Waals surface area (Å²) in [6.45, 7) is -0.254. The zero-order valence-corrected chi connectivity index (χ0v) is 9.92. The van der Waals surface area contributed by atoms with E-state index in [1.165, 1.54) is 0 Å². The highest BCUT2D eigenvalue weighted by Crippen LogP contribution is 2.08. The average Bonchev–Trinajstić information content (AvgIpc) is 2.09. The monoisotopic (exact) mass is 288 g/mol. The van der Waals surface area contributed by atoms with Crippen molar-refractivity contribution < 1.29 is 17.2 Å². The summed E-state index contributed by atoms with van der Waals surface area (Å²) in [5.41, 5.74) is 0. The molecule has 0 atom stereocenters. The number of aromatic nitrogens is 3. The Bertz CT molecular complexity index is 447. The van der Waals surface area contributed by atoms with E-state index in [0.29, 0.717) is 0 Å². The number of halogens is 2. The summed E-state index contributed by atoms with van der Waals surface area (Å²) in [5, 5.41) is 2.37. The molecular weight excluding hydrogens is 283 g/mol. The lowest BCUT2D eigenvalue weighted by molar-refractivity contribution is 0.278. The van der Waals surface area contributed by atoms with Crippen LogP contribution in [0.5, 0.6) is 0 Å². The molecule has 0 aliphatic carbocycles. The fourth-order valence-electron chi connectivity index (χ4n) is 0.715. The molecule has 0 amide bonds. The number of rotatable bonds is 5. The summed E-state index contributed by atoms with van der Waals surface area (Å²) in [6.07, 6.45) is 0. The lowest BCUT2D eigenvalue weighted by Crippen LogP contribution is -2.15. The third kappa shape index (κ3) is 5.37. The first-order valence-electron chi connectivity index (χ1n) is 3.79. The van der Waals surface area contributed by atoms with E-state index in [2.05, 4.69) is 24.5 Å². The number of nitrogens with zero attached hydrogens (tertiary/aromatic N) is 3. The Hall–Kier alpha value is -0.740. The van der Waals surface area contributed by atoms with Crippen LogP contribution in [0.1, 0.15) is 0 Å². The van der Waals surface area contributed by atoms with E-state index in [1.54, 1.807) is 0 Å². The van der Waals surface area contributed by atoms with Crippen molar-refractivity contribution in [1.82, 2.24) is 15.0 Å². The van der Waals surface area contributed by atoms with Gasteiger partial charge in [-0.1, -0.05) is 0 Å². The highest BCUT2D eigenvalue weighted by Gasteiger charge is 2.05. The van der Waals surface area contributed by atoms with Gasteiger partial charge in [0, 0.05) is 6.54 Å². The van der Waals surface area contributed by atoms with E-state index in [-0.39, 0.29) is 29.7 Å². The molecule has 0 saturated carbocycles. The number of hydrogen-bond donors (Lipinski definition) is 2. The van der Waals surface area contributed by atoms with Crippen molar-refractivity contribution in [3.05, 3.63) is 10.6 Å². The maximum absolute atomic E-state index is 10.2. The number of nitrogens with one attached hydrogen (secondary N) is 1. The van der Waals surface area contributed by atoms with Crippen LogP contribution in [0.3, 0.4) is 0 Å². The first-order chi connectivity index (χ1) is 7.37. The number of anilines is 1. The van der Waals surface area contributed by atoms with Gasteiger partial charge in [0.1, 0.15) is 0 Å². The first kappa shape index (κ1) is 13.3. The van der Waals surface area contributed by atoms with E-state index in [4.69, 9.17) is 27.8 Å². The van der Waals surface area contributed by atoms with Gasteiger partial charge in [-0.25, -0.2) is 4.18 Å². The van der Waals surface area contributed by atoms with Crippen LogP contribution in [0.4, 0.5) is 5.95 Å². The van der Waals surface area contributed by atoms with Gasteiger partial charge in [-0.3, -0.25) is 4.55 Å². The van der Waals surface area contributed by atoms with Gasteiger partial charge in [0.05, 0.1) is 6.61 Å². The summed E-state index contributed by atoms with van der Waals surface area (Å²) in [4.78, 5) is 10.8. The summed E-state index contributed by atoms with van der Waals surface area (Å²) < 4.78 is 32.6. The number of hydrogen-bond acceptors (Lipinski definition) is 7. The highest BCUT2D eigenvalue weighted by atomic mass is 35.5. The van der Waals surface area contributed by atoms with Crippen LogP contribution >= 0.6 is 23.2 Å². The van der Waals surface area contributed by atoms with Crippen molar-refractivity contribution in [2.24, 2.45) is 0 Å². The second-order valence-corrected chi connectivity index (χ2v) is 4.14. The first-order valence-corrected chi connectivity index (χ1v) is 5.92. The quantitative estimate of drug-likeness (QED) is 0.591. The fraction of sp³-hybridized carbons (Fsp3) is 0.400. The minimum Gasteiger partial charge on any atom is -0.352 e. The Balaban J connectivity index is 2.43. The molecule has 1 rings (SSSR count). The molecule has 1 aromatic heterocycles. The Labute approximate surface area is 101 Å². The molecule has 90 valence electrons. The van der Waals surface area contributed by atoms with Crippen LogP contribution in [0.25, 0.3) is 0 Å². The molecule has 0 bridgehead atoms. The molecule has 1 heterocycles. The van der Waals surface area contributed by atoms with Crippen molar-refractivity contribution >= 4 is 39.5 Å². The van der Waals surface area contributed by atoms with Gasteiger partial charge in [0.15, 0.2) is 0 Å². The van der Waals surface area contributed by atoms with Crippen LogP contribution in [0, 0.1) is 0 Å². The molecule has 11 heteroatoms. The van der Waals surface area contributed by atoms with Crippen molar-refractivity contribution in [1.29, 1.82) is 0 Å². The molecular formula is C5H6Cl2N4O4S. The van der Waals surface area contributed by atoms with Crippen molar-refractivity contribution in [2.45, 2.75) is 0 Å². The van der Waals surface area contributed by atoms with E-state index < -0.39 is 10.4 Å². The van der Waals surface area contributed by atoms with Crippen molar-refractivity contribution in [2.75, 3.05) is 18.5 Å². The predicted octanol–water partition coefficient (Wildman–Crippen LogP) is 0.410. The van der Waals surface area contributed by atoms with Crippen LogP contribution in [-0.4, -0.2) is 41.1 Å². The SMILES string of the molecule is O=S(=O)(O)OCCNc1nc(Cl)nc(Cl)n1. The summed E-state index contributed by atoms with van der Waals surface area (Å²) in [5.74, 6) is 0.0731. The third-order valence-corrected chi connectivity index (χ3v) is 2.00. The smallest absolute Gasteiger partial charge is 0.352 e. The van der Waals surface area contributed by atoms with Gasteiger partial charge in [-0.15, -0.1) is 0 Å². The summed E-state index contributed by atoms with van der Waals surface area (Å²) in [7, 11) is -4.44. The molecule has 0 saturated heterocycles. The van der Waals surface area contributed by atoms with Crippen molar-refractivity contribution in [3.8, 4) is 0 Å². The normalized spacial score (nSPS) is 11.4. The molecule has 16 heavy (non-hydrogen) atoms. The molecule has 0 unspecified atom stereocenters. The van der Waals surface area contributed by atoms with Gasteiger partial charge in [-0.05, 0) is 23.2 Å². The van der Waals surface area contributed by atoms with E-state index >= 15 is 0 Å². The molecule has 0 aromatic carbocycles. The molecule has 0 radical (unpaired) electrons. The third-order valence-electron chi connectivity index (χ3n) is 1.20. The van der Waals surface area contributed by atoms with Gasteiger partial charge >= 0.3 is 10.4 Å². The predicted molar refractivity (Wildman–Crippen MR) is 55.8 cm³/mol. The second kappa shape index (κ2) is 5.55. The van der Waals surface area contributed by atoms with Crippen LogP contribution in [0.2, 0.25) is 10.6 Å². The molecule has 0 aliphatic rings. The van der Waals surface area contributed by atoms with Gasteiger partial charge < -0.3 is 5.32 Å². The van der Waals surface area contributed by atoms with Gasteiger partial charge in [-0.2, -0.15) is 23.4 Å². The fourth-order valence-corrected chi connectivity index (χ4v) is 1.37. The van der Waals surface area contributed by atoms with Crippen molar-refractivity contribution in [3.63, 3.8) is 0 Å². The summed E-state index contributed by atoms with van der Waals surface area (Å²) in [6, 6.07) is 0. The Morgan fingerprint density at radius 1 is 1.25 bits per heavy atom. The van der Waals surface area contributed by atoms with Crippen LogP contribution in [-0.2, 0) is 14.6 Å². The lowest BCUT2D eigenvalue weighted by Gasteiger charge is -2.03. The minimum absolute atomic E-state index is 0.0382. The molecule has 0 spiro atoms. The average molecular weight is 289 g/mol. The Kier molecular flexibility index (Phi) is 4.62. The standard InChI is InChI=1S/C5H6Cl2N4O4S/c6-3-9-4(7)11-5(10-3)8-1-2-15-16(12,13)14/h1-2H2,(H,12,13,14)(H,8,9,10,11). The van der Waals surface area contributed by atoms with Gasteiger partial charge in [0.25, 0.3) is 0 Å². The van der Waals surface area contributed by atoms with E-state index in [1.807, 2.05) is 0 Å². The summed E-state index contributed by atoms with van der Waals surface area (Å²) >= 11 is 11.0. The van der Waals surface area contributed by atoms with E-state index in [9.17, 15) is 8.42 Å².